The standard InChI is InChI=1S/C9H15N3O/c1-4-7-5-8(10-2)12-9(11-7)6-13-3/h5H,4,6H2,1-3H3,(H,10,11,12). The third-order valence-corrected chi connectivity index (χ3v) is 1.72. The molecule has 0 saturated heterocycles. The number of aryl methyl sites for hydroxylation is 1. The fourth-order valence-corrected chi connectivity index (χ4v) is 1.06. The van der Waals surface area contributed by atoms with E-state index in [-0.39, 0.29) is 0 Å². The minimum atomic E-state index is 0.461. The Hall–Kier alpha value is -1.16. The van der Waals surface area contributed by atoms with Gasteiger partial charge in [0.2, 0.25) is 0 Å². The van der Waals surface area contributed by atoms with Crippen LogP contribution in [-0.2, 0) is 17.8 Å². The topological polar surface area (TPSA) is 47.0 Å². The van der Waals surface area contributed by atoms with Gasteiger partial charge in [-0.3, -0.25) is 0 Å². The maximum Gasteiger partial charge on any atom is 0.156 e. The van der Waals surface area contributed by atoms with Crippen LogP contribution in [0.25, 0.3) is 0 Å². The van der Waals surface area contributed by atoms with Crippen molar-refractivity contribution in [1.29, 1.82) is 0 Å². The van der Waals surface area contributed by atoms with Crippen LogP contribution >= 0.6 is 0 Å². The zero-order valence-electron chi connectivity index (χ0n) is 8.29. The number of anilines is 1. The molecule has 0 atom stereocenters. The van der Waals surface area contributed by atoms with E-state index in [0.717, 1.165) is 23.8 Å². The second-order valence-electron chi connectivity index (χ2n) is 2.70. The Bertz CT molecular complexity index is 253. The third-order valence-electron chi connectivity index (χ3n) is 1.72. The van der Waals surface area contributed by atoms with Gasteiger partial charge in [-0.25, -0.2) is 9.97 Å². The van der Waals surface area contributed by atoms with Crippen LogP contribution in [0.1, 0.15) is 18.4 Å². The van der Waals surface area contributed by atoms with E-state index in [4.69, 9.17) is 4.74 Å². The highest BCUT2D eigenvalue weighted by Gasteiger charge is 2.01. The molecule has 0 aliphatic heterocycles. The first-order chi connectivity index (χ1) is 6.30. The van der Waals surface area contributed by atoms with Crippen molar-refractivity contribution in [2.75, 3.05) is 19.5 Å². The highest BCUT2D eigenvalue weighted by atomic mass is 16.5. The van der Waals surface area contributed by atoms with Crippen LogP contribution in [0.4, 0.5) is 5.82 Å². The van der Waals surface area contributed by atoms with E-state index in [9.17, 15) is 0 Å². The Morgan fingerprint density at radius 2 is 2.23 bits per heavy atom. The highest BCUT2D eigenvalue weighted by Crippen LogP contribution is 2.07. The lowest BCUT2D eigenvalue weighted by Gasteiger charge is -2.05. The summed E-state index contributed by atoms with van der Waals surface area (Å²) in [7, 11) is 3.49. The SMILES string of the molecule is CCc1cc(NC)nc(COC)n1. The van der Waals surface area contributed by atoms with Gasteiger partial charge in [-0.1, -0.05) is 6.92 Å². The van der Waals surface area contributed by atoms with Crippen molar-refractivity contribution in [3.63, 3.8) is 0 Å². The third kappa shape index (κ3) is 2.66. The lowest BCUT2D eigenvalue weighted by Crippen LogP contribution is -2.03. The van der Waals surface area contributed by atoms with Gasteiger partial charge in [-0.15, -0.1) is 0 Å². The molecule has 0 radical (unpaired) electrons. The molecule has 4 nitrogen and oxygen atoms in total. The Kier molecular flexibility index (Phi) is 3.64. The van der Waals surface area contributed by atoms with E-state index in [1.54, 1.807) is 7.11 Å². The number of nitrogens with zero attached hydrogens (tertiary/aromatic N) is 2. The summed E-state index contributed by atoms with van der Waals surface area (Å²) < 4.78 is 4.97. The van der Waals surface area contributed by atoms with Crippen LogP contribution in [0.5, 0.6) is 0 Å². The molecule has 1 heterocycles. The van der Waals surface area contributed by atoms with Gasteiger partial charge in [-0.2, -0.15) is 0 Å². The molecule has 0 saturated carbocycles. The molecule has 4 heteroatoms. The fraction of sp³-hybridized carbons (Fsp3) is 0.556. The van der Waals surface area contributed by atoms with Crippen molar-refractivity contribution in [2.24, 2.45) is 0 Å². The number of methoxy groups -OCH3 is 1. The first kappa shape index (κ1) is 9.92. The molecular formula is C9H15N3O. The van der Waals surface area contributed by atoms with Crippen molar-refractivity contribution in [1.82, 2.24) is 9.97 Å². The van der Waals surface area contributed by atoms with E-state index in [0.29, 0.717) is 6.61 Å². The van der Waals surface area contributed by atoms with Gasteiger partial charge in [0.15, 0.2) is 5.82 Å². The molecule has 0 spiro atoms. The largest absolute Gasteiger partial charge is 0.377 e. The van der Waals surface area contributed by atoms with Crippen molar-refractivity contribution in [3.8, 4) is 0 Å². The number of hydrogen-bond donors (Lipinski definition) is 1. The van der Waals surface area contributed by atoms with Gasteiger partial charge >= 0.3 is 0 Å². The Morgan fingerprint density at radius 3 is 2.77 bits per heavy atom. The molecule has 0 unspecified atom stereocenters. The molecule has 0 aliphatic carbocycles. The number of hydrogen-bond acceptors (Lipinski definition) is 4. The van der Waals surface area contributed by atoms with Crippen LogP contribution < -0.4 is 5.32 Å². The summed E-state index contributed by atoms with van der Waals surface area (Å²) in [5.74, 6) is 1.57. The van der Waals surface area contributed by atoms with E-state index < -0.39 is 0 Å². The fourth-order valence-electron chi connectivity index (χ4n) is 1.06. The van der Waals surface area contributed by atoms with Crippen LogP contribution in [0.15, 0.2) is 6.07 Å². The molecule has 1 rings (SSSR count). The summed E-state index contributed by atoms with van der Waals surface area (Å²) in [6.45, 7) is 2.53. The molecule has 1 aromatic rings. The van der Waals surface area contributed by atoms with Crippen LogP contribution in [-0.4, -0.2) is 24.1 Å². The number of nitrogens with one attached hydrogen (secondary N) is 1. The van der Waals surface area contributed by atoms with Gasteiger partial charge in [0.25, 0.3) is 0 Å². The molecule has 0 amide bonds. The van der Waals surface area contributed by atoms with Crippen molar-refractivity contribution < 1.29 is 4.74 Å². The Balaban J connectivity index is 2.93. The molecule has 1 N–H and O–H groups in total. The van der Waals surface area contributed by atoms with Gasteiger partial charge in [-0.05, 0) is 6.42 Å². The molecule has 0 bridgehead atoms. The van der Waals surface area contributed by atoms with Gasteiger partial charge in [0.05, 0.1) is 0 Å². The molecule has 1 aromatic heterocycles. The summed E-state index contributed by atoms with van der Waals surface area (Å²) in [6, 6.07) is 1.94. The first-order valence-electron chi connectivity index (χ1n) is 4.33. The number of aromatic nitrogens is 2. The maximum atomic E-state index is 4.97. The van der Waals surface area contributed by atoms with E-state index in [1.165, 1.54) is 0 Å². The number of rotatable bonds is 4. The summed E-state index contributed by atoms with van der Waals surface area (Å²) in [5.41, 5.74) is 1.03. The minimum absolute atomic E-state index is 0.461. The van der Waals surface area contributed by atoms with Gasteiger partial charge < -0.3 is 10.1 Å². The Labute approximate surface area is 78.4 Å². The second-order valence-corrected chi connectivity index (χ2v) is 2.70. The van der Waals surface area contributed by atoms with Crippen molar-refractivity contribution in [2.45, 2.75) is 20.0 Å². The van der Waals surface area contributed by atoms with Crippen LogP contribution in [0.3, 0.4) is 0 Å². The molecule has 13 heavy (non-hydrogen) atoms. The average molecular weight is 181 g/mol. The quantitative estimate of drug-likeness (QED) is 0.758. The predicted molar refractivity (Wildman–Crippen MR) is 51.7 cm³/mol. The van der Waals surface area contributed by atoms with E-state index in [2.05, 4.69) is 22.2 Å². The predicted octanol–water partition coefficient (Wildman–Crippen LogP) is 1.23. The number of ether oxygens (including phenoxy) is 1. The maximum absolute atomic E-state index is 4.97. The normalized spacial score (nSPS) is 10.1. The van der Waals surface area contributed by atoms with Crippen LogP contribution in [0, 0.1) is 0 Å². The lowest BCUT2D eigenvalue weighted by atomic mass is 10.3. The lowest BCUT2D eigenvalue weighted by molar-refractivity contribution is 0.177. The zero-order chi connectivity index (χ0) is 9.68. The van der Waals surface area contributed by atoms with Gasteiger partial charge in [0.1, 0.15) is 12.4 Å². The monoisotopic (exact) mass is 181 g/mol. The summed E-state index contributed by atoms with van der Waals surface area (Å²) in [5, 5.41) is 2.99. The minimum Gasteiger partial charge on any atom is -0.377 e. The van der Waals surface area contributed by atoms with Crippen molar-refractivity contribution >= 4 is 5.82 Å². The smallest absolute Gasteiger partial charge is 0.156 e. The molecule has 0 aliphatic rings. The van der Waals surface area contributed by atoms with E-state index >= 15 is 0 Å². The average Bonchev–Trinajstić information content (AvgIpc) is 2.17. The van der Waals surface area contributed by atoms with Crippen LogP contribution in [0.2, 0.25) is 0 Å². The molecule has 0 aromatic carbocycles. The van der Waals surface area contributed by atoms with E-state index in [1.807, 2.05) is 13.1 Å². The summed E-state index contributed by atoms with van der Waals surface area (Å²) in [4.78, 5) is 8.56. The molecular weight excluding hydrogens is 166 g/mol. The van der Waals surface area contributed by atoms with Crippen molar-refractivity contribution in [3.05, 3.63) is 17.6 Å². The zero-order valence-corrected chi connectivity index (χ0v) is 8.29. The molecule has 0 fully saturated rings. The first-order valence-corrected chi connectivity index (χ1v) is 4.33. The summed E-state index contributed by atoms with van der Waals surface area (Å²) in [6.07, 6.45) is 0.911. The summed E-state index contributed by atoms with van der Waals surface area (Å²) >= 11 is 0. The molecule has 72 valence electrons. The van der Waals surface area contributed by atoms with Gasteiger partial charge in [0, 0.05) is 25.9 Å². The Morgan fingerprint density at radius 1 is 1.46 bits per heavy atom. The second kappa shape index (κ2) is 4.77. The highest BCUT2D eigenvalue weighted by molar-refractivity contribution is 5.35.